The molecule has 0 bridgehead atoms. The molecule has 1 N–H and O–H groups in total. The van der Waals surface area contributed by atoms with Crippen molar-refractivity contribution in [2.75, 3.05) is 13.2 Å². The van der Waals surface area contributed by atoms with E-state index in [1.54, 1.807) is 20.9 Å². The molecule has 7 nitrogen and oxygen atoms in total. The molecule has 0 spiro atoms. The third-order valence-corrected chi connectivity index (χ3v) is 3.64. The lowest BCUT2D eigenvalue weighted by atomic mass is 10.2. The Bertz CT molecular complexity index is 509. The van der Waals surface area contributed by atoms with Gasteiger partial charge in [-0.2, -0.15) is 5.10 Å². The van der Waals surface area contributed by atoms with E-state index >= 15 is 0 Å². The van der Waals surface area contributed by atoms with Gasteiger partial charge >= 0.3 is 5.97 Å². The third-order valence-electron chi connectivity index (χ3n) is 2.26. The van der Waals surface area contributed by atoms with E-state index in [1.807, 2.05) is 0 Å². The van der Waals surface area contributed by atoms with E-state index in [2.05, 4.69) is 9.82 Å². The number of esters is 1. The summed E-state index contributed by atoms with van der Waals surface area (Å²) in [7, 11) is -2.00. The molecule has 0 saturated carbocycles. The summed E-state index contributed by atoms with van der Waals surface area (Å²) < 4.78 is 32.2. The Kier molecular flexibility index (Phi) is 4.85. The summed E-state index contributed by atoms with van der Waals surface area (Å²) in [6.45, 7) is 3.57. The predicted molar refractivity (Wildman–Crippen MR) is 64.2 cm³/mol. The molecule has 0 aromatic carbocycles. The Morgan fingerprint density at radius 3 is 2.78 bits per heavy atom. The van der Waals surface area contributed by atoms with Crippen LogP contribution in [0, 0.1) is 5.92 Å². The van der Waals surface area contributed by atoms with Crippen molar-refractivity contribution in [1.29, 1.82) is 0 Å². The van der Waals surface area contributed by atoms with Crippen LogP contribution in [-0.2, 0) is 26.6 Å². The second-order valence-corrected chi connectivity index (χ2v) is 5.62. The standard InChI is InChI=1S/C10H17N3O4S/c1-4-17-10(14)8(2)5-12-18(15,16)9-6-11-13(3)7-9/h6-8,12H,4-5H2,1-3H3/t8-/m0/s1. The van der Waals surface area contributed by atoms with Gasteiger partial charge in [-0.3, -0.25) is 9.48 Å². The average molecular weight is 275 g/mol. The van der Waals surface area contributed by atoms with Gasteiger partial charge in [-0.25, -0.2) is 13.1 Å². The second-order valence-electron chi connectivity index (χ2n) is 3.85. The highest BCUT2D eigenvalue weighted by Crippen LogP contribution is 2.07. The normalized spacial score (nSPS) is 13.3. The van der Waals surface area contributed by atoms with Crippen LogP contribution in [0.15, 0.2) is 17.3 Å². The first-order valence-electron chi connectivity index (χ1n) is 5.51. The van der Waals surface area contributed by atoms with Gasteiger partial charge in [0, 0.05) is 19.8 Å². The number of nitrogens with one attached hydrogen (secondary N) is 1. The zero-order valence-electron chi connectivity index (χ0n) is 10.6. The molecule has 1 heterocycles. The van der Waals surface area contributed by atoms with Gasteiger partial charge in [-0.1, -0.05) is 6.92 Å². The molecule has 0 saturated heterocycles. The van der Waals surface area contributed by atoms with Crippen LogP contribution >= 0.6 is 0 Å². The number of ether oxygens (including phenoxy) is 1. The second kappa shape index (κ2) is 5.96. The number of hydrogen-bond donors (Lipinski definition) is 1. The minimum absolute atomic E-state index is 0.00391. The van der Waals surface area contributed by atoms with Gasteiger partial charge in [-0.15, -0.1) is 0 Å². The van der Waals surface area contributed by atoms with Gasteiger partial charge in [0.15, 0.2) is 0 Å². The number of aryl methyl sites for hydroxylation is 1. The molecule has 8 heteroatoms. The van der Waals surface area contributed by atoms with Crippen LogP contribution < -0.4 is 4.72 Å². The molecule has 1 aromatic rings. The minimum atomic E-state index is -3.62. The maximum atomic E-state index is 11.8. The number of rotatable bonds is 6. The monoisotopic (exact) mass is 275 g/mol. The SMILES string of the molecule is CCOC(=O)[C@@H](C)CNS(=O)(=O)c1cnn(C)c1. The zero-order chi connectivity index (χ0) is 13.8. The van der Waals surface area contributed by atoms with Crippen LogP contribution in [0.4, 0.5) is 0 Å². The molecule has 0 aliphatic heterocycles. The first-order chi connectivity index (χ1) is 8.36. The Labute approximate surface area is 106 Å². The first-order valence-corrected chi connectivity index (χ1v) is 7.00. The zero-order valence-corrected chi connectivity index (χ0v) is 11.4. The van der Waals surface area contributed by atoms with E-state index in [1.165, 1.54) is 17.1 Å². The van der Waals surface area contributed by atoms with E-state index in [0.29, 0.717) is 0 Å². The van der Waals surface area contributed by atoms with Crippen LogP contribution in [0.25, 0.3) is 0 Å². The van der Waals surface area contributed by atoms with Crippen molar-refractivity contribution in [2.24, 2.45) is 13.0 Å². The van der Waals surface area contributed by atoms with E-state index in [4.69, 9.17) is 4.74 Å². The van der Waals surface area contributed by atoms with Crippen molar-refractivity contribution in [3.05, 3.63) is 12.4 Å². The maximum Gasteiger partial charge on any atom is 0.309 e. The van der Waals surface area contributed by atoms with Gasteiger partial charge in [0.05, 0.1) is 18.7 Å². The molecule has 0 radical (unpaired) electrons. The average Bonchev–Trinajstić information content (AvgIpc) is 2.74. The highest BCUT2D eigenvalue weighted by atomic mass is 32.2. The number of nitrogens with zero attached hydrogens (tertiary/aromatic N) is 2. The van der Waals surface area contributed by atoms with Crippen molar-refractivity contribution >= 4 is 16.0 Å². The molecule has 1 aromatic heterocycles. The summed E-state index contributed by atoms with van der Waals surface area (Å²) in [5.74, 6) is -0.956. The van der Waals surface area contributed by atoms with E-state index in [0.717, 1.165) is 0 Å². The van der Waals surface area contributed by atoms with Crippen molar-refractivity contribution < 1.29 is 17.9 Å². The van der Waals surface area contributed by atoms with E-state index in [-0.39, 0.29) is 18.0 Å². The molecule has 0 amide bonds. The molecule has 0 aliphatic carbocycles. The Morgan fingerprint density at radius 2 is 2.28 bits per heavy atom. The van der Waals surface area contributed by atoms with Gasteiger partial charge in [-0.05, 0) is 6.92 Å². The first kappa shape index (κ1) is 14.7. The number of aromatic nitrogens is 2. The van der Waals surface area contributed by atoms with Gasteiger partial charge in [0.1, 0.15) is 4.90 Å². The highest BCUT2D eigenvalue weighted by molar-refractivity contribution is 7.89. The Balaban J connectivity index is 2.60. The molecule has 1 rings (SSSR count). The largest absolute Gasteiger partial charge is 0.466 e. The number of carbonyl (C=O) groups excluding carboxylic acids is 1. The van der Waals surface area contributed by atoms with Crippen LogP contribution in [0.2, 0.25) is 0 Å². The van der Waals surface area contributed by atoms with Gasteiger partial charge in [0.2, 0.25) is 10.0 Å². The Hall–Kier alpha value is -1.41. The summed E-state index contributed by atoms with van der Waals surface area (Å²) in [4.78, 5) is 11.4. The van der Waals surface area contributed by atoms with Crippen LogP contribution in [-0.4, -0.2) is 37.3 Å². The summed E-state index contributed by atoms with van der Waals surface area (Å²) >= 11 is 0. The van der Waals surface area contributed by atoms with Gasteiger partial charge in [0.25, 0.3) is 0 Å². The summed E-state index contributed by atoms with van der Waals surface area (Å²) in [5, 5.41) is 3.78. The fraction of sp³-hybridized carbons (Fsp3) is 0.600. The smallest absolute Gasteiger partial charge is 0.309 e. The Morgan fingerprint density at radius 1 is 1.61 bits per heavy atom. The lowest BCUT2D eigenvalue weighted by Crippen LogP contribution is -2.32. The fourth-order valence-corrected chi connectivity index (χ4v) is 2.34. The van der Waals surface area contributed by atoms with Crippen molar-refractivity contribution in [3.63, 3.8) is 0 Å². The quantitative estimate of drug-likeness (QED) is 0.732. The molecule has 102 valence electrons. The third kappa shape index (κ3) is 3.81. The topological polar surface area (TPSA) is 90.3 Å². The highest BCUT2D eigenvalue weighted by Gasteiger charge is 2.20. The van der Waals surface area contributed by atoms with Crippen LogP contribution in [0.5, 0.6) is 0 Å². The minimum Gasteiger partial charge on any atom is -0.466 e. The lowest BCUT2D eigenvalue weighted by molar-refractivity contribution is -0.147. The summed E-state index contributed by atoms with van der Waals surface area (Å²) in [5.41, 5.74) is 0. The lowest BCUT2D eigenvalue weighted by Gasteiger charge is -2.11. The van der Waals surface area contributed by atoms with Crippen molar-refractivity contribution in [2.45, 2.75) is 18.7 Å². The molecular formula is C10H17N3O4S. The van der Waals surface area contributed by atoms with Crippen molar-refractivity contribution in [3.8, 4) is 0 Å². The van der Waals surface area contributed by atoms with E-state index in [9.17, 15) is 13.2 Å². The molecule has 0 fully saturated rings. The predicted octanol–water partition coefficient (Wildman–Crippen LogP) is -0.102. The number of hydrogen-bond acceptors (Lipinski definition) is 5. The molecule has 0 aliphatic rings. The number of carbonyl (C=O) groups is 1. The summed E-state index contributed by atoms with van der Waals surface area (Å²) in [6.07, 6.45) is 2.63. The molecule has 0 unspecified atom stereocenters. The van der Waals surface area contributed by atoms with Crippen LogP contribution in [0.1, 0.15) is 13.8 Å². The molecular weight excluding hydrogens is 258 g/mol. The number of sulfonamides is 1. The summed E-state index contributed by atoms with van der Waals surface area (Å²) in [6, 6.07) is 0. The van der Waals surface area contributed by atoms with Gasteiger partial charge < -0.3 is 4.74 Å². The van der Waals surface area contributed by atoms with Crippen LogP contribution in [0.3, 0.4) is 0 Å². The van der Waals surface area contributed by atoms with E-state index < -0.39 is 21.9 Å². The molecule has 1 atom stereocenters. The molecule has 18 heavy (non-hydrogen) atoms. The van der Waals surface area contributed by atoms with Crippen molar-refractivity contribution in [1.82, 2.24) is 14.5 Å². The maximum absolute atomic E-state index is 11.8. The fourth-order valence-electron chi connectivity index (χ4n) is 1.22.